The van der Waals surface area contributed by atoms with Crippen LogP contribution >= 0.6 is 11.3 Å². The third kappa shape index (κ3) is 3.47. The molecule has 2 aromatic heterocycles. The van der Waals surface area contributed by atoms with Crippen LogP contribution in [0, 0.1) is 13.8 Å². The summed E-state index contributed by atoms with van der Waals surface area (Å²) < 4.78 is 0. The van der Waals surface area contributed by atoms with Crippen LogP contribution in [0.4, 0.5) is 5.82 Å². The molecule has 0 bridgehead atoms. The first-order valence-electron chi connectivity index (χ1n) is 10.6. The molecule has 1 saturated carbocycles. The minimum absolute atomic E-state index is 0.498. The third-order valence-electron chi connectivity index (χ3n) is 6.62. The van der Waals surface area contributed by atoms with Gasteiger partial charge in [0.15, 0.2) is 0 Å². The number of anilines is 1. The summed E-state index contributed by atoms with van der Waals surface area (Å²) in [7, 11) is 0. The van der Waals surface area contributed by atoms with Crippen LogP contribution in [0.3, 0.4) is 0 Å². The highest BCUT2D eigenvalue weighted by atomic mass is 32.1. The van der Waals surface area contributed by atoms with Gasteiger partial charge in [-0.05, 0) is 71.5 Å². The molecule has 4 heterocycles. The number of nitrogens with one attached hydrogen (secondary N) is 1. The molecule has 0 amide bonds. The molecule has 5 nitrogen and oxygen atoms in total. The average Bonchev–Trinajstić information content (AvgIpc) is 3.10. The lowest BCUT2D eigenvalue weighted by Gasteiger charge is -2.20. The standard InChI is InChI=1S/C21H31N5S/c1-13-10-16(11-26(13)17-6-7-17)22-20-19-14(2)15(3)27-21(19)24-18(23-20)12-25-8-4-5-9-25/h13,16-17H,4-12H2,1-3H3,(H,22,23,24). The van der Waals surface area contributed by atoms with Crippen molar-refractivity contribution < 1.29 is 0 Å². The maximum absolute atomic E-state index is 5.04. The van der Waals surface area contributed by atoms with Crippen molar-refractivity contribution in [2.24, 2.45) is 0 Å². The van der Waals surface area contributed by atoms with Crippen molar-refractivity contribution in [3.8, 4) is 0 Å². The molecule has 5 rings (SSSR count). The highest BCUT2D eigenvalue weighted by molar-refractivity contribution is 7.18. The molecule has 27 heavy (non-hydrogen) atoms. The smallest absolute Gasteiger partial charge is 0.146 e. The number of aryl methyl sites for hydroxylation is 2. The summed E-state index contributed by atoms with van der Waals surface area (Å²) in [6.45, 7) is 11.2. The summed E-state index contributed by atoms with van der Waals surface area (Å²) >= 11 is 1.82. The molecule has 2 saturated heterocycles. The lowest BCUT2D eigenvalue weighted by atomic mass is 10.1. The molecule has 2 aliphatic heterocycles. The van der Waals surface area contributed by atoms with Gasteiger partial charge in [0, 0.05) is 29.5 Å². The molecule has 1 N–H and O–H groups in total. The van der Waals surface area contributed by atoms with E-state index in [2.05, 4.69) is 35.9 Å². The lowest BCUT2D eigenvalue weighted by Crippen LogP contribution is -2.31. The Kier molecular flexibility index (Phi) is 4.61. The molecule has 146 valence electrons. The zero-order valence-electron chi connectivity index (χ0n) is 16.8. The van der Waals surface area contributed by atoms with Crippen LogP contribution < -0.4 is 5.32 Å². The first-order valence-corrected chi connectivity index (χ1v) is 11.4. The molecular weight excluding hydrogens is 354 g/mol. The number of fused-ring (bicyclic) bond motifs is 1. The maximum Gasteiger partial charge on any atom is 0.146 e. The number of likely N-dealkylation sites (tertiary alicyclic amines) is 2. The van der Waals surface area contributed by atoms with Gasteiger partial charge < -0.3 is 5.32 Å². The van der Waals surface area contributed by atoms with Crippen LogP contribution in [0.15, 0.2) is 0 Å². The van der Waals surface area contributed by atoms with E-state index in [1.54, 1.807) is 0 Å². The van der Waals surface area contributed by atoms with Gasteiger partial charge in [-0.25, -0.2) is 9.97 Å². The van der Waals surface area contributed by atoms with Gasteiger partial charge in [0.1, 0.15) is 16.5 Å². The fourth-order valence-corrected chi connectivity index (χ4v) is 5.93. The van der Waals surface area contributed by atoms with Gasteiger partial charge in [0.2, 0.25) is 0 Å². The van der Waals surface area contributed by atoms with Crippen molar-refractivity contribution >= 4 is 27.4 Å². The van der Waals surface area contributed by atoms with E-state index >= 15 is 0 Å². The molecule has 0 spiro atoms. The van der Waals surface area contributed by atoms with Gasteiger partial charge in [-0.15, -0.1) is 11.3 Å². The number of hydrogen-bond donors (Lipinski definition) is 1. The van der Waals surface area contributed by atoms with E-state index in [4.69, 9.17) is 9.97 Å². The van der Waals surface area contributed by atoms with Crippen LogP contribution in [0.5, 0.6) is 0 Å². The minimum Gasteiger partial charge on any atom is -0.365 e. The Bertz CT molecular complexity index is 837. The SMILES string of the molecule is Cc1sc2nc(CN3CCCC3)nc(NC3CC(C)N(C4CC4)C3)c2c1C. The third-order valence-corrected chi connectivity index (χ3v) is 7.72. The van der Waals surface area contributed by atoms with E-state index in [0.717, 1.165) is 35.6 Å². The van der Waals surface area contributed by atoms with Gasteiger partial charge in [-0.3, -0.25) is 9.80 Å². The Labute approximate surface area is 166 Å². The Balaban J connectivity index is 1.43. The molecular formula is C21H31N5S. The Morgan fingerprint density at radius 2 is 1.93 bits per heavy atom. The first-order chi connectivity index (χ1) is 13.1. The second-order valence-electron chi connectivity index (χ2n) is 8.79. The second-order valence-corrected chi connectivity index (χ2v) is 9.99. The Morgan fingerprint density at radius 1 is 1.15 bits per heavy atom. The van der Waals surface area contributed by atoms with Crippen LogP contribution in [0.25, 0.3) is 10.2 Å². The normalized spacial score (nSPS) is 27.1. The predicted octanol–water partition coefficient (Wildman–Crippen LogP) is 3.94. The highest BCUT2D eigenvalue weighted by Crippen LogP contribution is 2.37. The van der Waals surface area contributed by atoms with Crippen molar-refractivity contribution in [1.29, 1.82) is 0 Å². The number of thiophene rings is 1. The summed E-state index contributed by atoms with van der Waals surface area (Å²) in [6, 6.07) is 2.02. The first kappa shape index (κ1) is 17.8. The van der Waals surface area contributed by atoms with Gasteiger partial charge >= 0.3 is 0 Å². The summed E-state index contributed by atoms with van der Waals surface area (Å²) in [5, 5.41) is 5.09. The molecule has 0 radical (unpaired) electrons. The Hall–Kier alpha value is -1.24. The zero-order chi connectivity index (χ0) is 18.5. The van der Waals surface area contributed by atoms with Crippen molar-refractivity contribution in [2.75, 3.05) is 25.0 Å². The molecule has 6 heteroatoms. The van der Waals surface area contributed by atoms with Crippen molar-refractivity contribution in [3.05, 3.63) is 16.3 Å². The van der Waals surface area contributed by atoms with Crippen molar-refractivity contribution in [1.82, 2.24) is 19.8 Å². The van der Waals surface area contributed by atoms with Gasteiger partial charge in [-0.2, -0.15) is 0 Å². The highest BCUT2D eigenvalue weighted by Gasteiger charge is 2.39. The summed E-state index contributed by atoms with van der Waals surface area (Å²) in [6.07, 6.45) is 6.60. The van der Waals surface area contributed by atoms with Crippen LogP contribution in [0.2, 0.25) is 0 Å². The largest absolute Gasteiger partial charge is 0.365 e. The topological polar surface area (TPSA) is 44.3 Å². The van der Waals surface area contributed by atoms with E-state index in [1.807, 2.05) is 11.3 Å². The predicted molar refractivity (Wildman–Crippen MR) is 113 cm³/mol. The van der Waals surface area contributed by atoms with Crippen LogP contribution in [0.1, 0.15) is 55.3 Å². The van der Waals surface area contributed by atoms with E-state index in [1.165, 1.54) is 61.0 Å². The van der Waals surface area contributed by atoms with E-state index < -0.39 is 0 Å². The number of aromatic nitrogens is 2. The number of hydrogen-bond acceptors (Lipinski definition) is 6. The molecule has 2 aromatic rings. The summed E-state index contributed by atoms with van der Waals surface area (Å²) in [5.41, 5.74) is 1.34. The summed E-state index contributed by atoms with van der Waals surface area (Å²) in [5.74, 6) is 2.06. The second kappa shape index (κ2) is 6.98. The number of nitrogens with zero attached hydrogens (tertiary/aromatic N) is 4. The fourth-order valence-electron chi connectivity index (χ4n) is 4.88. The molecule has 3 fully saturated rings. The Morgan fingerprint density at radius 3 is 2.67 bits per heavy atom. The molecule has 2 atom stereocenters. The average molecular weight is 386 g/mol. The molecule has 2 unspecified atom stereocenters. The van der Waals surface area contributed by atoms with E-state index in [0.29, 0.717) is 12.1 Å². The monoisotopic (exact) mass is 385 g/mol. The van der Waals surface area contributed by atoms with Gasteiger partial charge in [-0.1, -0.05) is 0 Å². The van der Waals surface area contributed by atoms with Crippen molar-refractivity contribution in [3.63, 3.8) is 0 Å². The lowest BCUT2D eigenvalue weighted by molar-refractivity contribution is 0.257. The zero-order valence-corrected chi connectivity index (χ0v) is 17.6. The molecule has 0 aromatic carbocycles. The molecule has 3 aliphatic rings. The number of rotatable bonds is 5. The van der Waals surface area contributed by atoms with Crippen molar-refractivity contribution in [2.45, 2.75) is 77.5 Å². The van der Waals surface area contributed by atoms with E-state index in [9.17, 15) is 0 Å². The van der Waals surface area contributed by atoms with Gasteiger partial charge in [0.25, 0.3) is 0 Å². The quantitative estimate of drug-likeness (QED) is 0.844. The van der Waals surface area contributed by atoms with Crippen LogP contribution in [-0.2, 0) is 6.54 Å². The summed E-state index contributed by atoms with van der Waals surface area (Å²) in [4.78, 5) is 17.7. The minimum atomic E-state index is 0.498. The van der Waals surface area contributed by atoms with E-state index in [-0.39, 0.29) is 0 Å². The van der Waals surface area contributed by atoms with Crippen LogP contribution in [-0.4, -0.2) is 57.5 Å². The van der Waals surface area contributed by atoms with Gasteiger partial charge in [0.05, 0.1) is 11.9 Å². The fraction of sp³-hybridized carbons (Fsp3) is 0.714. The maximum atomic E-state index is 5.04. The molecule has 1 aliphatic carbocycles.